The van der Waals surface area contributed by atoms with Gasteiger partial charge >= 0.3 is 5.89 Å². The number of benzene rings is 3. The van der Waals surface area contributed by atoms with E-state index in [1.54, 1.807) is 0 Å². The Morgan fingerprint density at radius 2 is 1.46 bits per heavy atom. The first-order valence-corrected chi connectivity index (χ1v) is 9.08. The molecule has 0 radical (unpaired) electrons. The summed E-state index contributed by atoms with van der Waals surface area (Å²) < 4.78 is 8.65. The molecule has 0 bridgehead atoms. The highest BCUT2D eigenvalue weighted by molar-refractivity contribution is 5.82. The van der Waals surface area contributed by atoms with Gasteiger partial charge in [0.15, 0.2) is 6.54 Å². The number of aromatic nitrogens is 1. The molecule has 0 N–H and O–H groups in total. The standard InChI is InChI=1S/C24H20NO/c1-17-14-15-25-21-16-20(18-8-4-2-5-9-18)12-13-22(21)26-24(25)23(17)19-10-6-3-7-11-19/h2-13,16H,14-15H2,1H3/q+1. The Hall–Kier alpha value is -3.13. The molecule has 0 spiro atoms. The van der Waals surface area contributed by atoms with E-state index in [1.807, 2.05) is 0 Å². The summed E-state index contributed by atoms with van der Waals surface area (Å²) in [6.45, 7) is 3.18. The molecule has 4 aromatic rings. The summed E-state index contributed by atoms with van der Waals surface area (Å²) in [5.41, 5.74) is 8.41. The first kappa shape index (κ1) is 15.2. The Kier molecular flexibility index (Phi) is 3.49. The van der Waals surface area contributed by atoms with Crippen LogP contribution < -0.4 is 4.57 Å². The van der Waals surface area contributed by atoms with Gasteiger partial charge in [0, 0.05) is 12.5 Å². The monoisotopic (exact) mass is 338 g/mol. The minimum absolute atomic E-state index is 0.947. The van der Waals surface area contributed by atoms with E-state index in [2.05, 4.69) is 90.4 Å². The molecule has 0 atom stereocenters. The summed E-state index contributed by atoms with van der Waals surface area (Å²) in [6, 6.07) is 27.6. The molecule has 1 aromatic heterocycles. The largest absolute Gasteiger partial charge is 0.398 e. The van der Waals surface area contributed by atoms with E-state index in [0.717, 1.165) is 24.4 Å². The van der Waals surface area contributed by atoms with E-state index in [4.69, 9.17) is 4.42 Å². The average Bonchev–Trinajstić information content (AvgIpc) is 3.07. The van der Waals surface area contributed by atoms with Crippen molar-refractivity contribution in [3.63, 3.8) is 0 Å². The van der Waals surface area contributed by atoms with Crippen LogP contribution in [-0.4, -0.2) is 0 Å². The fourth-order valence-electron chi connectivity index (χ4n) is 3.86. The molecule has 0 saturated carbocycles. The Morgan fingerprint density at radius 1 is 0.769 bits per heavy atom. The Morgan fingerprint density at radius 3 is 2.19 bits per heavy atom. The molecule has 2 heteroatoms. The van der Waals surface area contributed by atoms with Crippen LogP contribution in [-0.2, 0) is 6.54 Å². The molecule has 1 aliphatic rings. The zero-order chi connectivity index (χ0) is 17.5. The van der Waals surface area contributed by atoms with Gasteiger partial charge in [-0.3, -0.25) is 0 Å². The number of nitrogens with zero attached hydrogens (tertiary/aromatic N) is 1. The molecule has 26 heavy (non-hydrogen) atoms. The van der Waals surface area contributed by atoms with Crippen LogP contribution in [0, 0.1) is 0 Å². The van der Waals surface area contributed by atoms with Crippen LogP contribution in [0.25, 0.3) is 27.8 Å². The SMILES string of the molecule is CC1=C(c2ccccc2)c2oc3ccc(-c4ccccc4)cc3[n+]2CC1. The van der Waals surface area contributed by atoms with E-state index < -0.39 is 0 Å². The second kappa shape index (κ2) is 5.99. The van der Waals surface area contributed by atoms with E-state index in [9.17, 15) is 0 Å². The molecular weight excluding hydrogens is 318 g/mol. The van der Waals surface area contributed by atoms with Gasteiger partial charge < -0.3 is 4.42 Å². The van der Waals surface area contributed by atoms with Crippen molar-refractivity contribution in [3.05, 3.63) is 95.9 Å². The number of fused-ring (bicyclic) bond motifs is 3. The maximum absolute atomic E-state index is 6.32. The third-order valence-electron chi connectivity index (χ3n) is 5.22. The highest BCUT2D eigenvalue weighted by Crippen LogP contribution is 2.33. The summed E-state index contributed by atoms with van der Waals surface area (Å²) >= 11 is 0. The Bertz CT molecular complexity index is 1120. The number of hydrogen-bond donors (Lipinski definition) is 0. The van der Waals surface area contributed by atoms with Gasteiger partial charge in [0.05, 0.1) is 5.57 Å². The molecule has 0 saturated heterocycles. The number of hydrogen-bond acceptors (Lipinski definition) is 1. The van der Waals surface area contributed by atoms with Gasteiger partial charge in [-0.15, -0.1) is 0 Å². The molecule has 5 rings (SSSR count). The molecule has 2 heterocycles. The third-order valence-corrected chi connectivity index (χ3v) is 5.22. The highest BCUT2D eigenvalue weighted by atomic mass is 16.4. The maximum atomic E-state index is 6.32. The lowest BCUT2D eigenvalue weighted by atomic mass is 9.96. The van der Waals surface area contributed by atoms with Gasteiger partial charge in [0.25, 0.3) is 5.52 Å². The highest BCUT2D eigenvalue weighted by Gasteiger charge is 2.32. The minimum atomic E-state index is 0.947. The predicted molar refractivity (Wildman–Crippen MR) is 105 cm³/mol. The fraction of sp³-hybridized carbons (Fsp3) is 0.125. The molecule has 1 aliphatic heterocycles. The van der Waals surface area contributed by atoms with Crippen LogP contribution in [0.2, 0.25) is 0 Å². The van der Waals surface area contributed by atoms with Crippen LogP contribution in [0.15, 0.2) is 88.9 Å². The van der Waals surface area contributed by atoms with Crippen molar-refractivity contribution < 1.29 is 8.98 Å². The fourth-order valence-corrected chi connectivity index (χ4v) is 3.86. The van der Waals surface area contributed by atoms with Gasteiger partial charge in [-0.1, -0.05) is 66.7 Å². The van der Waals surface area contributed by atoms with Crippen molar-refractivity contribution in [2.75, 3.05) is 0 Å². The zero-order valence-corrected chi connectivity index (χ0v) is 14.8. The van der Waals surface area contributed by atoms with E-state index in [-0.39, 0.29) is 0 Å². The summed E-state index contributed by atoms with van der Waals surface area (Å²) in [4.78, 5) is 0. The smallest absolute Gasteiger partial charge is 0.382 e. The number of allylic oxidation sites excluding steroid dienone is 1. The zero-order valence-electron chi connectivity index (χ0n) is 14.8. The second-order valence-corrected chi connectivity index (χ2v) is 6.88. The summed E-state index contributed by atoms with van der Waals surface area (Å²) in [5, 5.41) is 0. The van der Waals surface area contributed by atoms with Crippen molar-refractivity contribution in [1.29, 1.82) is 0 Å². The third kappa shape index (κ3) is 2.38. The van der Waals surface area contributed by atoms with Gasteiger partial charge in [-0.25, -0.2) is 0 Å². The summed E-state index contributed by atoms with van der Waals surface area (Å²) in [5.74, 6) is 0.972. The van der Waals surface area contributed by atoms with E-state index in [0.29, 0.717) is 0 Å². The Labute approximate surface area is 153 Å². The van der Waals surface area contributed by atoms with Crippen LogP contribution in [0.3, 0.4) is 0 Å². The van der Waals surface area contributed by atoms with Gasteiger partial charge in [0.1, 0.15) is 0 Å². The van der Waals surface area contributed by atoms with Gasteiger partial charge in [0.2, 0.25) is 5.58 Å². The van der Waals surface area contributed by atoms with Crippen molar-refractivity contribution in [1.82, 2.24) is 0 Å². The normalized spacial score (nSPS) is 13.9. The molecule has 2 nitrogen and oxygen atoms in total. The van der Waals surface area contributed by atoms with Gasteiger partial charge in [-0.2, -0.15) is 4.57 Å². The molecule has 0 amide bonds. The van der Waals surface area contributed by atoms with Crippen LogP contribution in [0.5, 0.6) is 0 Å². The summed E-state index contributed by atoms with van der Waals surface area (Å²) in [7, 11) is 0. The van der Waals surface area contributed by atoms with Crippen molar-refractivity contribution >= 4 is 16.7 Å². The lowest BCUT2D eigenvalue weighted by molar-refractivity contribution is -0.679. The van der Waals surface area contributed by atoms with Crippen molar-refractivity contribution in [3.8, 4) is 11.1 Å². The second-order valence-electron chi connectivity index (χ2n) is 6.88. The van der Waals surface area contributed by atoms with Crippen molar-refractivity contribution in [2.24, 2.45) is 0 Å². The summed E-state index contributed by atoms with van der Waals surface area (Å²) in [6.07, 6.45) is 1.05. The Balaban J connectivity index is 1.71. The quantitative estimate of drug-likeness (QED) is 0.434. The van der Waals surface area contributed by atoms with Crippen LogP contribution in [0.1, 0.15) is 24.8 Å². The average molecular weight is 338 g/mol. The van der Waals surface area contributed by atoms with Crippen LogP contribution >= 0.6 is 0 Å². The molecule has 126 valence electrons. The maximum Gasteiger partial charge on any atom is 0.382 e. The predicted octanol–water partition coefficient (Wildman–Crippen LogP) is 5.61. The topological polar surface area (TPSA) is 17.0 Å². The van der Waals surface area contributed by atoms with Crippen LogP contribution in [0.4, 0.5) is 0 Å². The molecule has 3 aromatic carbocycles. The van der Waals surface area contributed by atoms with E-state index in [1.165, 1.54) is 33.4 Å². The lowest BCUT2D eigenvalue weighted by Crippen LogP contribution is -2.39. The first-order chi connectivity index (χ1) is 12.8. The molecule has 0 fully saturated rings. The number of oxazole rings is 1. The minimum Gasteiger partial charge on any atom is -0.398 e. The molecule has 0 unspecified atom stereocenters. The molecule has 0 aliphatic carbocycles. The first-order valence-electron chi connectivity index (χ1n) is 9.08. The number of rotatable bonds is 2. The van der Waals surface area contributed by atoms with Crippen molar-refractivity contribution in [2.45, 2.75) is 19.9 Å². The van der Waals surface area contributed by atoms with Gasteiger partial charge in [-0.05, 0) is 35.3 Å². The molecular formula is C24H20NO+. The lowest BCUT2D eigenvalue weighted by Gasteiger charge is -2.12. The van der Waals surface area contributed by atoms with E-state index >= 15 is 0 Å². The number of aryl methyl sites for hydroxylation is 1.